The molecule has 0 unspecified atom stereocenters. The van der Waals surface area contributed by atoms with Crippen LogP contribution >= 0.6 is 0 Å². The molecule has 0 radical (unpaired) electrons. The van der Waals surface area contributed by atoms with Gasteiger partial charge in [-0.3, -0.25) is 0 Å². The minimum Gasteiger partial charge on any atom is -0.0628 e. The highest BCUT2D eigenvalue weighted by molar-refractivity contribution is 4.92. The number of hydrogen-bond acceptors (Lipinski definition) is 0. The molecule has 0 heteroatoms. The van der Waals surface area contributed by atoms with Gasteiger partial charge in [-0.05, 0) is 42.9 Å². The molecular weight excluding hydrogens is 180 g/mol. The van der Waals surface area contributed by atoms with E-state index in [-0.39, 0.29) is 0 Å². The summed E-state index contributed by atoms with van der Waals surface area (Å²) >= 11 is 0. The molecule has 0 aliphatic heterocycles. The summed E-state index contributed by atoms with van der Waals surface area (Å²) in [5, 5.41) is 0. The van der Waals surface area contributed by atoms with Crippen LogP contribution in [0.3, 0.4) is 0 Å². The van der Waals surface area contributed by atoms with Crippen molar-refractivity contribution < 1.29 is 0 Å². The van der Waals surface area contributed by atoms with E-state index >= 15 is 0 Å². The Labute approximate surface area is 96.8 Å². The zero-order valence-corrected chi connectivity index (χ0v) is 11.3. The standard InChI is InChI=1S/C15H30/c1-13(2)7-5-6-9-15(11-12-15)10-8-14(3)4/h13-14H,5-12H2,1-4H3. The lowest BCUT2D eigenvalue weighted by atomic mass is 9.89. The minimum atomic E-state index is 0.821. The summed E-state index contributed by atoms with van der Waals surface area (Å²) in [6, 6.07) is 0. The molecule has 1 aliphatic rings. The van der Waals surface area contributed by atoms with Gasteiger partial charge in [-0.1, -0.05) is 53.4 Å². The van der Waals surface area contributed by atoms with Crippen molar-refractivity contribution in [3.63, 3.8) is 0 Å². The summed E-state index contributed by atoms with van der Waals surface area (Å²) in [4.78, 5) is 0. The van der Waals surface area contributed by atoms with Gasteiger partial charge in [0.25, 0.3) is 0 Å². The molecule has 0 bridgehead atoms. The maximum absolute atomic E-state index is 2.36. The minimum absolute atomic E-state index is 0.821. The molecule has 0 nitrogen and oxygen atoms in total. The van der Waals surface area contributed by atoms with Gasteiger partial charge in [0.2, 0.25) is 0 Å². The summed E-state index contributed by atoms with van der Waals surface area (Å²) in [6.07, 6.45) is 11.9. The average molecular weight is 210 g/mol. The normalized spacial score (nSPS) is 18.8. The molecule has 0 spiro atoms. The van der Waals surface area contributed by atoms with Crippen LogP contribution in [0.25, 0.3) is 0 Å². The molecule has 1 rings (SSSR count). The Morgan fingerprint density at radius 3 is 1.87 bits per heavy atom. The smallest absolute Gasteiger partial charge is 0.0297 e. The van der Waals surface area contributed by atoms with Crippen LogP contribution in [0.15, 0.2) is 0 Å². The first-order chi connectivity index (χ1) is 7.04. The molecule has 0 N–H and O–H groups in total. The van der Waals surface area contributed by atoms with Gasteiger partial charge in [-0.2, -0.15) is 0 Å². The van der Waals surface area contributed by atoms with E-state index in [1.54, 1.807) is 0 Å². The summed E-state index contributed by atoms with van der Waals surface area (Å²) < 4.78 is 0. The fourth-order valence-corrected chi connectivity index (χ4v) is 2.45. The molecule has 0 aromatic rings. The van der Waals surface area contributed by atoms with Crippen LogP contribution < -0.4 is 0 Å². The van der Waals surface area contributed by atoms with Gasteiger partial charge in [0, 0.05) is 0 Å². The Morgan fingerprint density at radius 1 is 0.800 bits per heavy atom. The van der Waals surface area contributed by atoms with Gasteiger partial charge >= 0.3 is 0 Å². The van der Waals surface area contributed by atoms with E-state index in [4.69, 9.17) is 0 Å². The lowest BCUT2D eigenvalue weighted by Gasteiger charge is -2.16. The van der Waals surface area contributed by atoms with Crippen LogP contribution in [0.2, 0.25) is 0 Å². The molecule has 0 aromatic carbocycles. The largest absolute Gasteiger partial charge is 0.0628 e. The summed E-state index contributed by atoms with van der Waals surface area (Å²) in [5.74, 6) is 1.80. The Kier molecular flexibility index (Phi) is 5.15. The fourth-order valence-electron chi connectivity index (χ4n) is 2.45. The van der Waals surface area contributed by atoms with E-state index in [1.807, 2.05) is 0 Å². The van der Waals surface area contributed by atoms with E-state index in [9.17, 15) is 0 Å². The molecule has 0 amide bonds. The highest BCUT2D eigenvalue weighted by atomic mass is 14.5. The van der Waals surface area contributed by atoms with Gasteiger partial charge in [0.05, 0.1) is 0 Å². The monoisotopic (exact) mass is 210 g/mol. The molecule has 0 heterocycles. The van der Waals surface area contributed by atoms with Gasteiger partial charge in [-0.15, -0.1) is 0 Å². The first-order valence-corrected chi connectivity index (χ1v) is 7.04. The molecule has 15 heavy (non-hydrogen) atoms. The van der Waals surface area contributed by atoms with Crippen molar-refractivity contribution >= 4 is 0 Å². The molecule has 0 saturated heterocycles. The van der Waals surface area contributed by atoms with Gasteiger partial charge in [0.15, 0.2) is 0 Å². The van der Waals surface area contributed by atoms with Crippen LogP contribution in [-0.2, 0) is 0 Å². The molecule has 1 fully saturated rings. The van der Waals surface area contributed by atoms with E-state index in [2.05, 4.69) is 27.7 Å². The lowest BCUT2D eigenvalue weighted by Crippen LogP contribution is -2.03. The predicted molar refractivity (Wildman–Crippen MR) is 69.0 cm³/mol. The van der Waals surface area contributed by atoms with E-state index in [0.717, 1.165) is 17.3 Å². The van der Waals surface area contributed by atoms with Crippen LogP contribution in [0, 0.1) is 17.3 Å². The Balaban J connectivity index is 2.04. The third kappa shape index (κ3) is 5.58. The summed E-state index contributed by atoms with van der Waals surface area (Å²) in [5.41, 5.74) is 0.821. The Bertz CT molecular complexity index is 163. The second-order valence-electron chi connectivity index (χ2n) is 6.57. The average Bonchev–Trinajstić information content (AvgIpc) is 2.90. The highest BCUT2D eigenvalue weighted by Gasteiger charge is 2.40. The first kappa shape index (κ1) is 13.1. The topological polar surface area (TPSA) is 0 Å². The van der Waals surface area contributed by atoms with Crippen LogP contribution in [0.4, 0.5) is 0 Å². The number of hydrogen-bond donors (Lipinski definition) is 0. The summed E-state index contributed by atoms with van der Waals surface area (Å²) in [6.45, 7) is 9.39. The number of unbranched alkanes of at least 4 members (excludes halogenated alkanes) is 1. The Morgan fingerprint density at radius 2 is 1.40 bits per heavy atom. The van der Waals surface area contributed by atoms with Crippen LogP contribution in [0.5, 0.6) is 0 Å². The van der Waals surface area contributed by atoms with Crippen molar-refractivity contribution in [2.24, 2.45) is 17.3 Å². The van der Waals surface area contributed by atoms with E-state index < -0.39 is 0 Å². The van der Waals surface area contributed by atoms with Gasteiger partial charge < -0.3 is 0 Å². The third-order valence-electron chi connectivity index (χ3n) is 3.95. The fraction of sp³-hybridized carbons (Fsp3) is 1.00. The predicted octanol–water partition coefficient (Wildman–Crippen LogP) is 5.42. The molecule has 0 atom stereocenters. The van der Waals surface area contributed by atoms with E-state index in [0.29, 0.717) is 0 Å². The second-order valence-corrected chi connectivity index (χ2v) is 6.57. The quantitative estimate of drug-likeness (QED) is 0.469. The van der Waals surface area contributed by atoms with Crippen molar-refractivity contribution in [2.75, 3.05) is 0 Å². The molecular formula is C15H30. The zero-order valence-electron chi connectivity index (χ0n) is 11.3. The zero-order chi connectivity index (χ0) is 11.3. The second kappa shape index (κ2) is 5.92. The lowest BCUT2D eigenvalue weighted by molar-refractivity contribution is 0.361. The van der Waals surface area contributed by atoms with Crippen molar-refractivity contribution in [1.29, 1.82) is 0 Å². The van der Waals surface area contributed by atoms with Gasteiger partial charge in [0.1, 0.15) is 0 Å². The molecule has 1 aliphatic carbocycles. The third-order valence-corrected chi connectivity index (χ3v) is 3.95. The van der Waals surface area contributed by atoms with Crippen LogP contribution in [0.1, 0.15) is 79.1 Å². The molecule has 1 saturated carbocycles. The molecule has 90 valence electrons. The van der Waals surface area contributed by atoms with Crippen molar-refractivity contribution in [2.45, 2.75) is 79.1 Å². The maximum Gasteiger partial charge on any atom is -0.0297 e. The van der Waals surface area contributed by atoms with Gasteiger partial charge in [-0.25, -0.2) is 0 Å². The number of rotatable bonds is 8. The molecule has 0 aromatic heterocycles. The summed E-state index contributed by atoms with van der Waals surface area (Å²) in [7, 11) is 0. The van der Waals surface area contributed by atoms with Crippen molar-refractivity contribution in [3.05, 3.63) is 0 Å². The Hall–Kier alpha value is 0. The maximum atomic E-state index is 2.36. The van der Waals surface area contributed by atoms with E-state index in [1.165, 1.54) is 51.4 Å². The van der Waals surface area contributed by atoms with Crippen LogP contribution in [-0.4, -0.2) is 0 Å². The SMILES string of the molecule is CC(C)CCCCC1(CCC(C)C)CC1. The first-order valence-electron chi connectivity index (χ1n) is 7.04. The van der Waals surface area contributed by atoms with Crippen molar-refractivity contribution in [1.82, 2.24) is 0 Å². The van der Waals surface area contributed by atoms with Crippen molar-refractivity contribution in [3.8, 4) is 0 Å². The highest BCUT2D eigenvalue weighted by Crippen LogP contribution is 2.54.